The normalized spacial score (nSPS) is 18.9. The number of aromatic nitrogens is 1. The van der Waals surface area contributed by atoms with Crippen LogP contribution in [0.1, 0.15) is 45.1 Å². The summed E-state index contributed by atoms with van der Waals surface area (Å²) in [5, 5.41) is 2.81. The van der Waals surface area contributed by atoms with Crippen molar-refractivity contribution in [3.63, 3.8) is 0 Å². The third kappa shape index (κ3) is 4.99. The minimum atomic E-state index is -0.593. The van der Waals surface area contributed by atoms with E-state index in [0.717, 1.165) is 46.2 Å². The van der Waals surface area contributed by atoms with Gasteiger partial charge in [-0.1, -0.05) is 43.3 Å². The lowest BCUT2D eigenvalue weighted by Gasteiger charge is -2.20. The minimum absolute atomic E-state index is 0.0932. The number of benzene rings is 2. The van der Waals surface area contributed by atoms with Crippen molar-refractivity contribution in [1.29, 1.82) is 0 Å². The smallest absolute Gasteiger partial charge is 0.237 e. The molecule has 0 saturated carbocycles. The molecule has 1 amide bonds. The summed E-state index contributed by atoms with van der Waals surface area (Å²) < 4.78 is 15.1. The SMILES string of the molecule is CCC1CC=C(CN=C(C)C2C(=O)Nc3cc(F)c(-c4ccc(-c5ccncc5)cc4)cc32)C=C1C(C)=O. The van der Waals surface area contributed by atoms with Crippen LogP contribution in [0, 0.1) is 11.7 Å². The zero-order valence-corrected chi connectivity index (χ0v) is 21.8. The summed E-state index contributed by atoms with van der Waals surface area (Å²) in [6, 6.07) is 14.7. The average molecular weight is 508 g/mol. The average Bonchev–Trinajstić information content (AvgIpc) is 3.26. The van der Waals surface area contributed by atoms with Crippen LogP contribution in [0.25, 0.3) is 22.3 Å². The molecule has 5 nitrogen and oxygen atoms in total. The maximum Gasteiger partial charge on any atom is 0.237 e. The third-order valence-corrected chi connectivity index (χ3v) is 7.45. The van der Waals surface area contributed by atoms with Gasteiger partial charge in [-0.05, 0) is 90.3 Å². The van der Waals surface area contributed by atoms with Gasteiger partial charge < -0.3 is 5.32 Å². The summed E-state index contributed by atoms with van der Waals surface area (Å²) >= 11 is 0. The fourth-order valence-corrected chi connectivity index (χ4v) is 5.30. The Hall–Kier alpha value is -4.19. The Morgan fingerprint density at radius 1 is 1.05 bits per heavy atom. The van der Waals surface area contributed by atoms with Crippen LogP contribution in [0.3, 0.4) is 0 Å². The molecule has 5 rings (SSSR count). The predicted octanol–water partition coefficient (Wildman–Crippen LogP) is 6.92. The lowest BCUT2D eigenvalue weighted by atomic mass is 9.84. The number of carbonyl (C=O) groups is 2. The molecule has 2 unspecified atom stereocenters. The second-order valence-corrected chi connectivity index (χ2v) is 9.89. The Kier molecular flexibility index (Phi) is 7.14. The van der Waals surface area contributed by atoms with Gasteiger partial charge in [0.2, 0.25) is 5.91 Å². The monoisotopic (exact) mass is 507 g/mol. The van der Waals surface area contributed by atoms with Crippen LogP contribution in [0.4, 0.5) is 10.1 Å². The Bertz CT molecular complexity index is 1490. The van der Waals surface area contributed by atoms with Gasteiger partial charge in [0.05, 0.1) is 6.54 Å². The molecule has 2 atom stereocenters. The molecule has 0 bridgehead atoms. The topological polar surface area (TPSA) is 71.4 Å². The Morgan fingerprint density at radius 3 is 2.42 bits per heavy atom. The lowest BCUT2D eigenvalue weighted by Crippen LogP contribution is -2.19. The van der Waals surface area contributed by atoms with E-state index in [1.54, 1.807) is 25.4 Å². The predicted molar refractivity (Wildman–Crippen MR) is 150 cm³/mol. The highest BCUT2D eigenvalue weighted by Gasteiger charge is 2.34. The molecule has 1 aliphatic carbocycles. The van der Waals surface area contributed by atoms with Crippen molar-refractivity contribution >= 4 is 23.1 Å². The maximum atomic E-state index is 15.1. The van der Waals surface area contributed by atoms with Gasteiger partial charge >= 0.3 is 0 Å². The highest BCUT2D eigenvalue weighted by Crippen LogP contribution is 2.39. The molecule has 1 N–H and O–H groups in total. The van der Waals surface area contributed by atoms with Crippen LogP contribution in [-0.4, -0.2) is 28.9 Å². The number of Topliss-reactive ketones (excluding diaryl/α,β-unsaturated/α-hetero) is 1. The lowest BCUT2D eigenvalue weighted by molar-refractivity contribution is -0.116. The molecular weight excluding hydrogens is 477 g/mol. The van der Waals surface area contributed by atoms with Gasteiger partial charge in [-0.15, -0.1) is 0 Å². The van der Waals surface area contributed by atoms with Crippen LogP contribution in [0.15, 0.2) is 89.2 Å². The molecule has 2 aliphatic rings. The van der Waals surface area contributed by atoms with E-state index in [1.807, 2.05) is 49.4 Å². The molecule has 6 heteroatoms. The Morgan fingerprint density at radius 2 is 1.74 bits per heavy atom. The van der Waals surface area contributed by atoms with Gasteiger partial charge in [0.1, 0.15) is 11.7 Å². The van der Waals surface area contributed by atoms with Crippen LogP contribution in [-0.2, 0) is 9.59 Å². The van der Waals surface area contributed by atoms with E-state index in [2.05, 4.69) is 23.3 Å². The molecule has 192 valence electrons. The van der Waals surface area contributed by atoms with Crippen molar-refractivity contribution in [1.82, 2.24) is 4.98 Å². The van der Waals surface area contributed by atoms with Crippen LogP contribution in [0.5, 0.6) is 0 Å². The summed E-state index contributed by atoms with van der Waals surface area (Å²) in [6.07, 6.45) is 9.29. The number of nitrogens with zero attached hydrogens (tertiary/aromatic N) is 2. The number of nitrogens with one attached hydrogen (secondary N) is 1. The zero-order valence-electron chi connectivity index (χ0n) is 21.8. The first kappa shape index (κ1) is 25.5. The standard InChI is InChI=1S/C32H30FN3O2/c1-4-22-6-5-21(15-26(22)20(3)37)18-35-19(2)31-28-16-27(29(33)17-30(28)36-32(31)38)25-9-7-23(8-10-25)24-11-13-34-14-12-24/h5,7-17,22,31H,4,6,18H2,1-3H3,(H,36,38). The highest BCUT2D eigenvalue weighted by molar-refractivity contribution is 6.18. The molecule has 2 aromatic carbocycles. The summed E-state index contributed by atoms with van der Waals surface area (Å²) in [5.41, 5.74) is 6.89. The van der Waals surface area contributed by atoms with Crippen LogP contribution in [0.2, 0.25) is 0 Å². The van der Waals surface area contributed by atoms with Crippen molar-refractivity contribution in [2.75, 3.05) is 11.9 Å². The number of aliphatic imine (C=N–C) groups is 1. The van der Waals surface area contributed by atoms with Gasteiger partial charge in [-0.2, -0.15) is 0 Å². The van der Waals surface area contributed by atoms with Crippen molar-refractivity contribution < 1.29 is 14.0 Å². The number of amides is 1. The van der Waals surface area contributed by atoms with Crippen molar-refractivity contribution in [2.45, 2.75) is 39.5 Å². The van der Waals surface area contributed by atoms with E-state index >= 15 is 4.39 Å². The van der Waals surface area contributed by atoms with Crippen LogP contribution >= 0.6 is 0 Å². The second-order valence-electron chi connectivity index (χ2n) is 9.89. The first-order valence-corrected chi connectivity index (χ1v) is 12.9. The number of anilines is 1. The molecule has 0 radical (unpaired) electrons. The largest absolute Gasteiger partial charge is 0.325 e. The summed E-state index contributed by atoms with van der Waals surface area (Å²) in [4.78, 5) is 33.8. The number of carbonyl (C=O) groups excluding carboxylic acids is 2. The first-order chi connectivity index (χ1) is 18.4. The summed E-state index contributed by atoms with van der Waals surface area (Å²) in [7, 11) is 0. The maximum absolute atomic E-state index is 15.1. The van der Waals surface area contributed by atoms with E-state index in [4.69, 9.17) is 4.99 Å². The number of pyridine rings is 1. The van der Waals surface area contributed by atoms with E-state index in [0.29, 0.717) is 23.5 Å². The van der Waals surface area contributed by atoms with E-state index < -0.39 is 11.7 Å². The Balaban J connectivity index is 1.41. The first-order valence-electron chi connectivity index (χ1n) is 12.9. The number of allylic oxidation sites excluding steroid dienone is 2. The van der Waals surface area contributed by atoms with Gasteiger partial charge in [0, 0.05) is 29.4 Å². The van der Waals surface area contributed by atoms with E-state index in [1.165, 1.54) is 6.07 Å². The molecule has 2 heterocycles. The fraction of sp³-hybridized carbons (Fsp3) is 0.250. The number of ketones is 1. The molecule has 38 heavy (non-hydrogen) atoms. The molecule has 1 aromatic heterocycles. The number of hydrogen-bond acceptors (Lipinski definition) is 4. The fourth-order valence-electron chi connectivity index (χ4n) is 5.30. The minimum Gasteiger partial charge on any atom is -0.325 e. The van der Waals surface area contributed by atoms with E-state index in [-0.39, 0.29) is 17.6 Å². The molecule has 3 aromatic rings. The molecule has 0 spiro atoms. The second kappa shape index (κ2) is 10.7. The number of rotatable bonds is 7. The summed E-state index contributed by atoms with van der Waals surface area (Å²) in [6.45, 7) is 5.92. The number of fused-ring (bicyclic) bond motifs is 1. The molecule has 0 fully saturated rings. The highest BCUT2D eigenvalue weighted by atomic mass is 19.1. The molecular formula is C32H30FN3O2. The van der Waals surface area contributed by atoms with Crippen molar-refractivity contribution in [3.05, 3.63) is 95.6 Å². The van der Waals surface area contributed by atoms with Gasteiger partial charge in [-0.25, -0.2) is 4.39 Å². The molecule has 1 aliphatic heterocycles. The zero-order chi connectivity index (χ0) is 26.8. The van der Waals surface area contributed by atoms with Gasteiger partial charge in [-0.3, -0.25) is 19.6 Å². The summed E-state index contributed by atoms with van der Waals surface area (Å²) in [5.74, 6) is -0.856. The van der Waals surface area contributed by atoms with Crippen LogP contribution < -0.4 is 5.32 Å². The van der Waals surface area contributed by atoms with E-state index in [9.17, 15) is 9.59 Å². The number of hydrogen-bond donors (Lipinski definition) is 1. The van der Waals surface area contributed by atoms with Gasteiger partial charge in [0.15, 0.2) is 5.78 Å². The quantitative estimate of drug-likeness (QED) is 0.353. The Labute approximate surface area is 222 Å². The van der Waals surface area contributed by atoms with Gasteiger partial charge in [0.25, 0.3) is 0 Å². The third-order valence-electron chi connectivity index (χ3n) is 7.45. The molecule has 0 saturated heterocycles. The number of halogens is 1. The van der Waals surface area contributed by atoms with Crippen molar-refractivity contribution in [2.24, 2.45) is 10.9 Å². The van der Waals surface area contributed by atoms with Crippen molar-refractivity contribution in [3.8, 4) is 22.3 Å².